The van der Waals surface area contributed by atoms with Gasteiger partial charge < -0.3 is 9.55 Å². The Balaban J connectivity index is 0.000000188. The van der Waals surface area contributed by atoms with E-state index in [4.69, 9.17) is 10.5 Å². The average Bonchev–Trinajstić information content (AvgIpc) is 3.79. The molecule has 0 N–H and O–H groups in total. The molecule has 275 valence electrons. The summed E-state index contributed by atoms with van der Waals surface area (Å²) in [7, 11) is -1.61. The van der Waals surface area contributed by atoms with Crippen LogP contribution in [0.15, 0.2) is 146 Å². The van der Waals surface area contributed by atoms with E-state index in [0.29, 0.717) is 0 Å². The number of hydrogen-bond acceptors (Lipinski definition) is 3. The summed E-state index contributed by atoms with van der Waals surface area (Å²) in [5.74, 6) is 0.206. The van der Waals surface area contributed by atoms with E-state index in [2.05, 4.69) is 138 Å². The van der Waals surface area contributed by atoms with Crippen LogP contribution in [0.1, 0.15) is 36.4 Å². The molecule has 0 saturated carbocycles. The average molecular weight is 930 g/mol. The van der Waals surface area contributed by atoms with Crippen molar-refractivity contribution in [2.75, 3.05) is 0 Å². The molecule has 6 aromatic carbocycles. The summed E-state index contributed by atoms with van der Waals surface area (Å²) in [6, 6.07) is 53.7. The van der Waals surface area contributed by atoms with Crippen LogP contribution in [0.5, 0.6) is 0 Å². The fourth-order valence-electron chi connectivity index (χ4n) is 6.94. The zero-order valence-corrected chi connectivity index (χ0v) is 35.7. The second-order valence-corrected chi connectivity index (χ2v) is 20.8. The first-order valence-corrected chi connectivity index (χ1v) is 22.5. The predicted octanol–water partition coefficient (Wildman–Crippen LogP) is 13.1. The molecule has 3 aromatic heterocycles. The van der Waals surface area contributed by atoms with E-state index < -0.39 is 20.8 Å². The van der Waals surface area contributed by atoms with Crippen molar-refractivity contribution in [3.05, 3.63) is 169 Å². The molecule has 0 fully saturated rings. The Labute approximate surface area is 348 Å². The first-order chi connectivity index (χ1) is 27.7. The number of pyridine rings is 1. The molecule has 0 spiro atoms. The maximum absolute atomic E-state index is 8.48. The summed E-state index contributed by atoms with van der Waals surface area (Å²) in [5, 5.41) is 3.73. The molecule has 0 amide bonds. The summed E-state index contributed by atoms with van der Waals surface area (Å²) in [6.07, 6.45) is 1.89. The van der Waals surface area contributed by atoms with Crippen molar-refractivity contribution >= 4 is 55.8 Å². The number of benzene rings is 6. The van der Waals surface area contributed by atoms with Gasteiger partial charge in [-0.05, 0) is 68.3 Å². The molecular formula is C49H43IrN3SSi-2. The first-order valence-electron chi connectivity index (χ1n) is 20.2. The largest absolute Gasteiger partial charge is 0.333 e. The minimum absolute atomic E-state index is 0. The van der Waals surface area contributed by atoms with Gasteiger partial charge in [0.15, 0.2) is 0 Å². The third-order valence-corrected chi connectivity index (χ3v) is 12.9. The summed E-state index contributed by atoms with van der Waals surface area (Å²) < 4.78 is 35.6. The van der Waals surface area contributed by atoms with Crippen LogP contribution in [0.2, 0.25) is 19.6 Å². The molecule has 0 bridgehead atoms. The Kier molecular flexibility index (Phi) is 9.72. The van der Waals surface area contributed by atoms with Gasteiger partial charge in [-0.3, -0.25) is 4.98 Å². The van der Waals surface area contributed by atoms with Gasteiger partial charge in [0.1, 0.15) is 0 Å². The molecule has 0 unspecified atom stereocenters. The minimum atomic E-state index is -2.13. The summed E-state index contributed by atoms with van der Waals surface area (Å²) in [4.78, 5) is 9.66. The standard InChI is InChI=1S/C31H19N2S.C18H24NSi.Ir/c1-2-9-21(10-3-1)22-17-19-23(20-18-22)33-28-15-6-5-14-27(28)32-31(33)26-13-8-12-25-24-11-4-7-16-29(24)34-30(25)26;1-13(2)16-11-17(15-9-7-14(3)8-10-15)19-12-18(16)20(4,5)6;/h1-12,14-20H;7-9,11-13H,1-6H3;/q2*-1;/i;3D3,13D;. The maximum atomic E-state index is 8.48. The summed E-state index contributed by atoms with van der Waals surface area (Å²) >= 11 is 1.81. The van der Waals surface area contributed by atoms with E-state index >= 15 is 0 Å². The Morgan fingerprint density at radius 3 is 2.24 bits per heavy atom. The van der Waals surface area contributed by atoms with Crippen molar-refractivity contribution in [3.63, 3.8) is 0 Å². The maximum Gasteiger partial charge on any atom is 0.0799 e. The SMILES string of the molecule is [2H]C([2H])([2H])c1c[c-]c(-c2cc(C([2H])(C)C)c([Si](C)(C)C)cn2)cc1.[Ir].[c-]1ccc2c(sc3ccccc32)c1-c1nc2ccccc2n1-c1ccc(-c2ccccc2)cc1. The van der Waals surface area contributed by atoms with Crippen molar-refractivity contribution in [3.8, 4) is 39.5 Å². The van der Waals surface area contributed by atoms with E-state index in [1.54, 1.807) is 12.1 Å². The van der Waals surface area contributed by atoms with E-state index in [1.165, 1.54) is 42.6 Å². The van der Waals surface area contributed by atoms with Gasteiger partial charge in [-0.15, -0.1) is 53.6 Å². The van der Waals surface area contributed by atoms with Gasteiger partial charge in [0, 0.05) is 42.2 Å². The fourth-order valence-corrected chi connectivity index (χ4v) is 9.72. The number of hydrogen-bond donors (Lipinski definition) is 0. The van der Waals surface area contributed by atoms with Crippen LogP contribution in [-0.4, -0.2) is 22.6 Å². The zero-order valence-electron chi connectivity index (χ0n) is 35.4. The molecule has 0 aliphatic carbocycles. The van der Waals surface area contributed by atoms with Crippen LogP contribution in [-0.2, 0) is 20.1 Å². The number of rotatable bonds is 6. The van der Waals surface area contributed by atoms with Crippen molar-refractivity contribution in [1.82, 2.24) is 14.5 Å². The molecule has 1 radical (unpaired) electrons. The van der Waals surface area contributed by atoms with Crippen LogP contribution >= 0.6 is 11.3 Å². The van der Waals surface area contributed by atoms with Crippen molar-refractivity contribution in [2.45, 2.75) is 46.2 Å². The quantitative estimate of drug-likeness (QED) is 0.123. The number of para-hydroxylation sites is 2. The van der Waals surface area contributed by atoms with E-state index in [-0.39, 0.29) is 25.7 Å². The molecule has 55 heavy (non-hydrogen) atoms. The molecule has 3 nitrogen and oxygen atoms in total. The topological polar surface area (TPSA) is 30.7 Å². The fraction of sp³-hybridized carbons (Fsp3) is 0.143. The van der Waals surface area contributed by atoms with Crippen LogP contribution in [0, 0.1) is 19.0 Å². The summed E-state index contributed by atoms with van der Waals surface area (Å²) in [5.41, 5.74) is 9.36. The number of fused-ring (bicyclic) bond motifs is 4. The van der Waals surface area contributed by atoms with Gasteiger partial charge in [-0.2, -0.15) is 11.3 Å². The Bertz CT molecular complexity index is 2890. The van der Waals surface area contributed by atoms with Gasteiger partial charge in [0.05, 0.1) is 24.9 Å². The third kappa shape index (κ3) is 7.78. The molecule has 9 rings (SSSR count). The molecular weight excluding hydrogens is 883 g/mol. The molecule has 0 saturated heterocycles. The van der Waals surface area contributed by atoms with Crippen molar-refractivity contribution in [2.24, 2.45) is 0 Å². The molecule has 9 aromatic rings. The van der Waals surface area contributed by atoms with Gasteiger partial charge >= 0.3 is 0 Å². The second-order valence-electron chi connectivity index (χ2n) is 14.7. The van der Waals surface area contributed by atoms with E-state index in [9.17, 15) is 0 Å². The van der Waals surface area contributed by atoms with Crippen LogP contribution < -0.4 is 5.19 Å². The normalized spacial score (nSPS) is 13.0. The third-order valence-electron chi connectivity index (χ3n) is 9.69. The molecule has 0 aliphatic rings. The molecule has 6 heteroatoms. The minimum Gasteiger partial charge on any atom is -0.333 e. The van der Waals surface area contributed by atoms with Gasteiger partial charge in [-0.1, -0.05) is 136 Å². The number of imidazole rings is 1. The smallest absolute Gasteiger partial charge is 0.0799 e. The summed E-state index contributed by atoms with van der Waals surface area (Å²) in [6.45, 7) is 8.38. The zero-order chi connectivity index (χ0) is 40.8. The monoisotopic (exact) mass is 930 g/mol. The van der Waals surface area contributed by atoms with Crippen molar-refractivity contribution in [1.29, 1.82) is 0 Å². The molecule has 0 aliphatic heterocycles. The molecule has 3 heterocycles. The number of aryl methyl sites for hydroxylation is 1. The Morgan fingerprint density at radius 1 is 0.782 bits per heavy atom. The second kappa shape index (κ2) is 16.0. The van der Waals surface area contributed by atoms with Gasteiger partial charge in [0.25, 0.3) is 0 Å². The Morgan fingerprint density at radius 2 is 1.51 bits per heavy atom. The van der Waals surface area contributed by atoms with Gasteiger partial charge in [-0.25, -0.2) is 0 Å². The number of aromatic nitrogens is 3. The van der Waals surface area contributed by atoms with Crippen LogP contribution in [0.25, 0.3) is 70.7 Å². The van der Waals surface area contributed by atoms with E-state index in [1.807, 2.05) is 55.6 Å². The van der Waals surface area contributed by atoms with Gasteiger partial charge in [0.2, 0.25) is 0 Å². The first kappa shape index (κ1) is 33.4. The van der Waals surface area contributed by atoms with Crippen LogP contribution in [0.3, 0.4) is 0 Å². The van der Waals surface area contributed by atoms with Crippen molar-refractivity contribution < 1.29 is 25.6 Å². The number of nitrogens with zero attached hydrogens (tertiary/aromatic N) is 3. The Hall–Kier alpha value is -4.97. The number of thiophene rings is 1. The molecule has 0 atom stereocenters. The van der Waals surface area contributed by atoms with Crippen LogP contribution in [0.4, 0.5) is 0 Å². The predicted molar refractivity (Wildman–Crippen MR) is 234 cm³/mol. The van der Waals surface area contributed by atoms with E-state index in [0.717, 1.165) is 44.9 Å².